The molecule has 3 rings (SSSR count). The molecule has 0 spiro atoms. The van der Waals surface area contributed by atoms with Gasteiger partial charge in [0.25, 0.3) is 0 Å². The molecule has 1 aromatic carbocycles. The van der Waals surface area contributed by atoms with Crippen molar-refractivity contribution >= 4 is 5.82 Å². The molecular formula is C18H24N4. The molecule has 4 nitrogen and oxygen atoms in total. The fourth-order valence-electron chi connectivity index (χ4n) is 3.21. The maximum absolute atomic E-state index is 4.50. The van der Waals surface area contributed by atoms with Gasteiger partial charge in [0.15, 0.2) is 0 Å². The molecule has 2 atom stereocenters. The molecule has 1 aliphatic heterocycles. The molecule has 2 heterocycles. The van der Waals surface area contributed by atoms with E-state index in [2.05, 4.69) is 57.4 Å². The summed E-state index contributed by atoms with van der Waals surface area (Å²) in [6, 6.07) is 13.1. The normalized spacial score (nSPS) is 22.0. The van der Waals surface area contributed by atoms with Gasteiger partial charge >= 0.3 is 0 Å². The second kappa shape index (κ2) is 6.44. The Kier molecular flexibility index (Phi) is 4.39. The van der Waals surface area contributed by atoms with Crippen LogP contribution < -0.4 is 5.32 Å². The topological polar surface area (TPSA) is 41.0 Å². The number of aromatic nitrogens is 2. The van der Waals surface area contributed by atoms with Gasteiger partial charge in [-0.1, -0.05) is 37.3 Å². The quantitative estimate of drug-likeness (QED) is 0.941. The summed E-state index contributed by atoms with van der Waals surface area (Å²) in [6.07, 6.45) is 0. The lowest BCUT2D eigenvalue weighted by molar-refractivity contribution is 0.319. The third-order valence-electron chi connectivity index (χ3n) is 4.24. The molecule has 22 heavy (non-hydrogen) atoms. The number of anilines is 1. The molecule has 0 amide bonds. The summed E-state index contributed by atoms with van der Waals surface area (Å²) in [7, 11) is 0. The zero-order valence-electron chi connectivity index (χ0n) is 13.6. The van der Waals surface area contributed by atoms with Crippen molar-refractivity contribution in [2.75, 3.05) is 18.4 Å². The largest absolute Gasteiger partial charge is 0.366 e. The molecule has 116 valence electrons. The van der Waals surface area contributed by atoms with Crippen molar-refractivity contribution in [2.45, 2.75) is 33.4 Å². The van der Waals surface area contributed by atoms with Crippen LogP contribution >= 0.6 is 0 Å². The van der Waals surface area contributed by atoms with E-state index < -0.39 is 0 Å². The lowest BCUT2D eigenvalue weighted by Crippen LogP contribution is -2.28. The number of hydrogen-bond donors (Lipinski definition) is 1. The molecule has 1 aliphatic rings. The van der Waals surface area contributed by atoms with Crippen LogP contribution in [0.5, 0.6) is 0 Å². The van der Waals surface area contributed by atoms with Crippen molar-refractivity contribution in [1.82, 2.24) is 14.9 Å². The number of likely N-dealkylation sites (tertiary alicyclic amines) is 1. The van der Waals surface area contributed by atoms with Gasteiger partial charge in [0.2, 0.25) is 0 Å². The fourth-order valence-corrected chi connectivity index (χ4v) is 3.21. The van der Waals surface area contributed by atoms with Crippen LogP contribution in [0.15, 0.2) is 36.4 Å². The Morgan fingerprint density at radius 3 is 2.64 bits per heavy atom. The van der Waals surface area contributed by atoms with Gasteiger partial charge in [0, 0.05) is 37.4 Å². The van der Waals surface area contributed by atoms with E-state index in [0.717, 1.165) is 37.0 Å². The van der Waals surface area contributed by atoms with Crippen LogP contribution in [0.25, 0.3) is 0 Å². The molecule has 1 saturated heterocycles. The van der Waals surface area contributed by atoms with Crippen molar-refractivity contribution in [2.24, 2.45) is 5.92 Å². The number of nitrogens with zero attached hydrogens (tertiary/aromatic N) is 3. The molecule has 1 N–H and O–H groups in total. The van der Waals surface area contributed by atoms with Gasteiger partial charge in [-0.3, -0.25) is 4.90 Å². The molecule has 1 aromatic heterocycles. The van der Waals surface area contributed by atoms with Crippen molar-refractivity contribution in [3.05, 3.63) is 53.5 Å². The summed E-state index contributed by atoms with van der Waals surface area (Å²) < 4.78 is 0. The van der Waals surface area contributed by atoms with Gasteiger partial charge in [0.1, 0.15) is 11.6 Å². The van der Waals surface area contributed by atoms with E-state index in [-0.39, 0.29) is 0 Å². The average molecular weight is 296 g/mol. The van der Waals surface area contributed by atoms with Gasteiger partial charge in [-0.25, -0.2) is 9.97 Å². The summed E-state index contributed by atoms with van der Waals surface area (Å²) in [4.78, 5) is 11.3. The van der Waals surface area contributed by atoms with Gasteiger partial charge in [-0.2, -0.15) is 0 Å². The van der Waals surface area contributed by atoms with Crippen molar-refractivity contribution in [3.63, 3.8) is 0 Å². The molecule has 1 fully saturated rings. The maximum Gasteiger partial charge on any atom is 0.130 e. The van der Waals surface area contributed by atoms with E-state index >= 15 is 0 Å². The molecule has 2 aromatic rings. The van der Waals surface area contributed by atoms with Gasteiger partial charge in [0.05, 0.1) is 0 Å². The summed E-state index contributed by atoms with van der Waals surface area (Å²) in [6.45, 7) is 9.46. The van der Waals surface area contributed by atoms with Crippen molar-refractivity contribution in [3.8, 4) is 0 Å². The molecule has 0 bridgehead atoms. The number of aryl methyl sites for hydroxylation is 2. The maximum atomic E-state index is 4.50. The van der Waals surface area contributed by atoms with E-state index in [4.69, 9.17) is 0 Å². The Bertz CT molecular complexity index is 606. The van der Waals surface area contributed by atoms with Crippen LogP contribution in [0.2, 0.25) is 0 Å². The predicted octanol–water partition coefficient (Wildman–Crippen LogP) is 3.03. The first kappa shape index (κ1) is 15.0. The molecule has 0 saturated carbocycles. The zero-order chi connectivity index (χ0) is 15.5. The molecule has 4 heteroatoms. The van der Waals surface area contributed by atoms with Gasteiger partial charge in [-0.15, -0.1) is 0 Å². The smallest absolute Gasteiger partial charge is 0.130 e. The fraction of sp³-hybridized carbons (Fsp3) is 0.444. The van der Waals surface area contributed by atoms with E-state index in [9.17, 15) is 0 Å². The second-order valence-corrected chi connectivity index (χ2v) is 6.35. The Labute approximate surface area is 132 Å². The highest BCUT2D eigenvalue weighted by Gasteiger charge is 2.29. The first-order valence-electron chi connectivity index (χ1n) is 7.95. The summed E-state index contributed by atoms with van der Waals surface area (Å²) in [5.74, 6) is 2.39. The average Bonchev–Trinajstić information content (AvgIpc) is 2.78. The summed E-state index contributed by atoms with van der Waals surface area (Å²) in [5.41, 5.74) is 2.39. The first-order chi connectivity index (χ1) is 10.6. The monoisotopic (exact) mass is 296 g/mol. The number of nitrogens with one attached hydrogen (secondary N) is 1. The minimum absolute atomic E-state index is 0.442. The second-order valence-electron chi connectivity index (χ2n) is 6.35. The summed E-state index contributed by atoms with van der Waals surface area (Å²) in [5, 5.41) is 3.60. The molecule has 0 aliphatic carbocycles. The highest BCUT2D eigenvalue weighted by atomic mass is 15.2. The van der Waals surface area contributed by atoms with Crippen molar-refractivity contribution in [1.29, 1.82) is 0 Å². The standard InChI is InChI=1S/C18H24N4/c1-13-10-22(11-16-7-5-4-6-8-16)12-17(13)21-18-9-14(2)19-15(3)20-18/h4-9,13,17H,10-12H2,1-3H3,(H,19,20,21). The first-order valence-corrected chi connectivity index (χ1v) is 7.95. The highest BCUT2D eigenvalue weighted by Crippen LogP contribution is 2.22. The minimum Gasteiger partial charge on any atom is -0.366 e. The third-order valence-corrected chi connectivity index (χ3v) is 4.24. The Morgan fingerprint density at radius 2 is 1.91 bits per heavy atom. The van der Waals surface area contributed by atoms with E-state index in [0.29, 0.717) is 12.0 Å². The van der Waals surface area contributed by atoms with E-state index in [1.54, 1.807) is 0 Å². The third kappa shape index (κ3) is 3.63. The molecule has 0 radical (unpaired) electrons. The van der Waals surface area contributed by atoms with Crippen LogP contribution in [0.1, 0.15) is 24.0 Å². The minimum atomic E-state index is 0.442. The SMILES string of the molecule is Cc1cc(NC2CN(Cc3ccccc3)CC2C)nc(C)n1. The number of hydrogen-bond acceptors (Lipinski definition) is 4. The van der Waals surface area contributed by atoms with Crippen LogP contribution in [0, 0.1) is 19.8 Å². The number of benzene rings is 1. The molecular weight excluding hydrogens is 272 g/mol. The Morgan fingerprint density at radius 1 is 1.14 bits per heavy atom. The van der Waals surface area contributed by atoms with E-state index in [1.165, 1.54) is 5.56 Å². The van der Waals surface area contributed by atoms with E-state index in [1.807, 2.05) is 19.9 Å². The Balaban J connectivity index is 1.63. The van der Waals surface area contributed by atoms with Crippen LogP contribution in [0.4, 0.5) is 5.82 Å². The van der Waals surface area contributed by atoms with Crippen LogP contribution in [-0.2, 0) is 6.54 Å². The summed E-state index contributed by atoms with van der Waals surface area (Å²) >= 11 is 0. The van der Waals surface area contributed by atoms with Crippen molar-refractivity contribution < 1.29 is 0 Å². The lowest BCUT2D eigenvalue weighted by Gasteiger charge is -2.18. The highest BCUT2D eigenvalue weighted by molar-refractivity contribution is 5.37. The predicted molar refractivity (Wildman–Crippen MR) is 89.8 cm³/mol. The van der Waals surface area contributed by atoms with Crippen LogP contribution in [-0.4, -0.2) is 34.0 Å². The zero-order valence-corrected chi connectivity index (χ0v) is 13.6. The molecule has 2 unspecified atom stereocenters. The van der Waals surface area contributed by atoms with Gasteiger partial charge in [-0.05, 0) is 25.3 Å². The lowest BCUT2D eigenvalue weighted by atomic mass is 10.1. The van der Waals surface area contributed by atoms with Gasteiger partial charge < -0.3 is 5.32 Å². The van der Waals surface area contributed by atoms with Crippen LogP contribution in [0.3, 0.4) is 0 Å². The Hall–Kier alpha value is -1.94. The number of rotatable bonds is 4.